The van der Waals surface area contributed by atoms with Gasteiger partial charge in [-0.2, -0.15) is 0 Å². The minimum absolute atomic E-state index is 0.334. The Morgan fingerprint density at radius 2 is 0.440 bits per heavy atom. The van der Waals surface area contributed by atoms with Crippen molar-refractivity contribution in [1.82, 2.24) is 8.46 Å². The normalized spacial score (nSPS) is 14.9. The maximum Gasteiger partial charge on any atom is 0.294 e. The predicted molar refractivity (Wildman–Crippen MR) is 416 cm³/mol. The monoisotopic (exact) mass is 1390 g/mol. The van der Waals surface area contributed by atoms with Gasteiger partial charge in [-0.3, -0.25) is 0 Å². The molecule has 0 aliphatic heterocycles. The van der Waals surface area contributed by atoms with E-state index in [1.54, 1.807) is 0 Å². The molecule has 8 aromatic rings. The first-order valence-corrected chi connectivity index (χ1v) is 49.7. The predicted octanol–water partition coefficient (Wildman–Crippen LogP) is 17.7. The Kier molecular flexibility index (Phi) is 23.7. The fourth-order valence-corrected chi connectivity index (χ4v) is 65.4. The van der Waals surface area contributed by atoms with Gasteiger partial charge in [0.15, 0.2) is 32.9 Å². The van der Waals surface area contributed by atoms with E-state index >= 15 is 0 Å². The summed E-state index contributed by atoms with van der Waals surface area (Å²) in [6.07, 6.45) is 4.37. The maximum atomic E-state index is 9.16. The minimum atomic E-state index is -3.91. The number of halogens is 4. The maximum absolute atomic E-state index is 9.16. The Morgan fingerprint density at radius 3 is 0.560 bits per heavy atom. The number of hydrogen-bond donors (Lipinski definition) is 0. The van der Waals surface area contributed by atoms with Gasteiger partial charge in [0.25, 0.3) is 13.4 Å². The second-order valence-electron chi connectivity index (χ2n) is 29.4. The third-order valence-corrected chi connectivity index (χ3v) is 58.7. The van der Waals surface area contributed by atoms with Crippen molar-refractivity contribution in [3.8, 4) is 0 Å². The van der Waals surface area contributed by atoms with Crippen LogP contribution in [0.5, 0.6) is 0 Å². The van der Waals surface area contributed by atoms with Crippen LogP contribution in [0.25, 0.3) is 0 Å². The number of rotatable bonds is 26. The van der Waals surface area contributed by atoms with Crippen LogP contribution in [-0.4, -0.2) is 77.6 Å². The molecule has 0 bridgehead atoms. The zero-order valence-corrected chi connectivity index (χ0v) is 66.5. The van der Waals surface area contributed by atoms with Crippen molar-refractivity contribution in [2.75, 3.05) is 0 Å². The summed E-state index contributed by atoms with van der Waals surface area (Å²) in [5.41, 5.74) is -1.84. The molecule has 0 aliphatic rings. The number of hydrogen-bond acceptors (Lipinski definition) is 3. The standard InChI is InChI=1S/C78H104Cl4N2OSi6/c1-17-45-71(83(86(75(5,6)7,63-47-29-21-30-48-63)64-49-31-22-32-50-64)87(76(8,9)10,65-51-33-23-34-52-65)66-53-35-24-36-54-66)90(79,80)73(19-3)85-74(20-4)91(81,82)72(46-18-2)84(88(77(11,12)13,67-55-37-25-38-56-67)68-57-39-26-40-58-68)89(78(14,15)16,69-59-41-27-42-60-69)70-61-43-28-44-62-70/h21-44,47-62,71-74H,17-20,45-46H2,1-16H3. The first-order chi connectivity index (χ1) is 43.1. The zero-order chi connectivity index (χ0) is 66.3. The highest BCUT2D eigenvalue weighted by Crippen LogP contribution is 2.54. The molecular formula is C78H104Cl4N2OSi6. The summed E-state index contributed by atoms with van der Waals surface area (Å²) in [5.74, 6) is 0. The van der Waals surface area contributed by atoms with Crippen molar-refractivity contribution in [2.24, 2.45) is 0 Å². The van der Waals surface area contributed by atoms with Crippen molar-refractivity contribution in [3.63, 3.8) is 0 Å². The largest absolute Gasteiger partial charge is 0.376 e. The zero-order valence-electron chi connectivity index (χ0n) is 57.5. The van der Waals surface area contributed by atoms with Crippen molar-refractivity contribution in [1.29, 1.82) is 0 Å². The van der Waals surface area contributed by atoms with Crippen LogP contribution in [0.4, 0.5) is 0 Å². The molecule has 0 N–H and O–H groups in total. The van der Waals surface area contributed by atoms with Crippen LogP contribution in [-0.2, 0) is 4.74 Å². The van der Waals surface area contributed by atoms with Crippen molar-refractivity contribution < 1.29 is 4.74 Å². The molecule has 91 heavy (non-hydrogen) atoms. The molecule has 484 valence electrons. The second kappa shape index (κ2) is 29.6. The summed E-state index contributed by atoms with van der Waals surface area (Å²) in [6, 6.07) is 92.1. The van der Waals surface area contributed by atoms with Crippen LogP contribution < -0.4 is 41.5 Å². The highest BCUT2D eigenvalue weighted by Gasteiger charge is 2.71. The van der Waals surface area contributed by atoms with Gasteiger partial charge in [0.2, 0.25) is 0 Å². The molecule has 3 nitrogen and oxygen atoms in total. The van der Waals surface area contributed by atoms with Crippen LogP contribution in [0, 0.1) is 0 Å². The molecule has 0 saturated heterocycles. The molecule has 8 aromatic carbocycles. The molecule has 0 heterocycles. The Hall–Kier alpha value is -3.90. The SMILES string of the molecule is CCCC(N([Si](c1ccccc1)(c1ccccc1)C(C)(C)C)[Si](c1ccccc1)(c1ccccc1)C(C)(C)C)[Si](Cl)(Cl)C(CC)OC(CC)[Si](Cl)(Cl)C(CCC)N([Si](c1ccccc1)(c1ccccc1)C(C)(C)C)[Si](c1ccccc1)(c1ccccc1)C(C)(C)C. The summed E-state index contributed by atoms with van der Waals surface area (Å²) in [7, 11) is -13.7. The fourth-order valence-electron chi connectivity index (χ4n) is 16.6. The second-order valence-corrected chi connectivity index (χ2v) is 62.5. The molecule has 0 amide bonds. The van der Waals surface area contributed by atoms with Gasteiger partial charge in [-0.25, -0.2) is 0 Å². The molecule has 0 aliphatic carbocycles. The van der Waals surface area contributed by atoms with Crippen molar-refractivity contribution in [2.45, 2.75) is 192 Å². The van der Waals surface area contributed by atoms with Crippen molar-refractivity contribution >= 4 is 132 Å². The van der Waals surface area contributed by atoms with Crippen LogP contribution >= 0.6 is 44.3 Å². The molecule has 0 saturated carbocycles. The van der Waals surface area contributed by atoms with E-state index < -0.39 is 57.8 Å². The molecule has 13 heteroatoms. The molecule has 0 spiro atoms. The minimum Gasteiger partial charge on any atom is -0.376 e. The number of nitrogens with zero attached hydrogens (tertiary/aromatic N) is 2. The lowest BCUT2D eigenvalue weighted by Crippen LogP contribution is -2.91. The average Bonchev–Trinajstić information content (AvgIpc) is 0.687. The molecule has 0 aromatic heterocycles. The lowest BCUT2D eigenvalue weighted by molar-refractivity contribution is 0.0646. The van der Waals surface area contributed by atoms with E-state index in [2.05, 4.69) is 362 Å². The summed E-state index contributed by atoms with van der Waals surface area (Å²) >= 11 is 36.6. The molecule has 0 radical (unpaired) electrons. The summed E-state index contributed by atoms with van der Waals surface area (Å²) in [5, 5.41) is 9.34. The van der Waals surface area contributed by atoms with Gasteiger partial charge in [-0.15, -0.1) is 44.3 Å². The lowest BCUT2D eigenvalue weighted by atomic mass is 10.2. The number of ether oxygens (including phenoxy) is 1. The van der Waals surface area contributed by atoms with Crippen LogP contribution in [0.3, 0.4) is 0 Å². The Morgan fingerprint density at radius 1 is 0.286 bits per heavy atom. The van der Waals surface area contributed by atoms with Gasteiger partial charge in [-0.1, -0.05) is 366 Å². The summed E-state index contributed by atoms with van der Waals surface area (Å²) < 4.78 is 14.6. The Labute approximate surface area is 575 Å². The van der Waals surface area contributed by atoms with Gasteiger partial charge in [-0.05, 0) is 87.3 Å². The van der Waals surface area contributed by atoms with Crippen LogP contribution in [0.2, 0.25) is 20.2 Å². The molecule has 4 unspecified atom stereocenters. The molecule has 8 rings (SSSR count). The summed E-state index contributed by atoms with van der Waals surface area (Å²) in [4.78, 5) is 0. The third-order valence-electron chi connectivity index (χ3n) is 19.9. The third kappa shape index (κ3) is 13.3. The highest BCUT2D eigenvalue weighted by molar-refractivity contribution is 7.48. The van der Waals surface area contributed by atoms with Crippen LogP contribution in [0.1, 0.15) is 149 Å². The Bertz CT molecular complexity index is 2900. The van der Waals surface area contributed by atoms with E-state index in [4.69, 9.17) is 49.1 Å². The van der Waals surface area contributed by atoms with Crippen LogP contribution in [0.15, 0.2) is 243 Å². The number of benzene rings is 8. The van der Waals surface area contributed by atoms with E-state index in [9.17, 15) is 0 Å². The average molecular weight is 1400 g/mol. The van der Waals surface area contributed by atoms with E-state index in [0.717, 1.165) is 25.7 Å². The Balaban J connectivity index is 1.49. The van der Waals surface area contributed by atoms with E-state index in [-0.39, 0.29) is 31.5 Å². The fraction of sp³-hybridized carbons (Fsp3) is 0.385. The molecular weight excluding hydrogens is 1290 g/mol. The van der Waals surface area contributed by atoms with Gasteiger partial charge >= 0.3 is 0 Å². The molecule has 0 fully saturated rings. The molecule has 4 atom stereocenters. The van der Waals surface area contributed by atoms with Gasteiger partial charge in [0.1, 0.15) is 0 Å². The lowest BCUT2D eigenvalue weighted by Gasteiger charge is -2.66. The van der Waals surface area contributed by atoms with E-state index in [1.807, 2.05) is 0 Å². The topological polar surface area (TPSA) is 15.7 Å². The van der Waals surface area contributed by atoms with E-state index in [1.165, 1.54) is 41.5 Å². The van der Waals surface area contributed by atoms with Gasteiger partial charge in [0.05, 0.1) is 11.5 Å². The van der Waals surface area contributed by atoms with Crippen molar-refractivity contribution in [3.05, 3.63) is 243 Å². The summed E-state index contributed by atoms with van der Waals surface area (Å²) in [6.45, 7) is 31.3. The van der Waals surface area contributed by atoms with E-state index in [0.29, 0.717) is 12.8 Å². The first kappa shape index (κ1) is 72.9. The highest BCUT2D eigenvalue weighted by atomic mass is 35.7. The first-order valence-electron chi connectivity index (χ1n) is 33.5. The van der Waals surface area contributed by atoms with Gasteiger partial charge in [0, 0.05) is 11.3 Å². The smallest absolute Gasteiger partial charge is 0.294 e. The quantitative estimate of drug-likeness (QED) is 0.0397. The van der Waals surface area contributed by atoms with Gasteiger partial charge < -0.3 is 13.2 Å².